The molecule has 4 N–H and O–H groups in total. The number of hydrogen-bond donors (Lipinski definition) is 3. The van der Waals surface area contributed by atoms with Crippen molar-refractivity contribution >= 4 is 28.7 Å². The Bertz CT molecular complexity index is 1250. The summed E-state index contributed by atoms with van der Waals surface area (Å²) in [5, 5.41) is 4.09. The molecule has 208 valence electrons. The SMILES string of the molecule is CC(c1c[nH]c2ccccc12)C(NC(=O)N1CCN(c2ccccn2)CC1)C(=O)N(C)CC1OCC(N)CO1. The molecule has 3 aromatic rings. The summed E-state index contributed by atoms with van der Waals surface area (Å²) in [6, 6.07) is 12.5. The van der Waals surface area contributed by atoms with Gasteiger partial charge in [-0.15, -0.1) is 0 Å². The highest BCUT2D eigenvalue weighted by molar-refractivity contribution is 5.90. The third kappa shape index (κ3) is 6.16. The minimum atomic E-state index is -0.790. The Balaban J connectivity index is 1.30. The Morgan fingerprint density at radius 3 is 2.56 bits per heavy atom. The smallest absolute Gasteiger partial charge is 0.318 e. The average Bonchev–Trinajstić information content (AvgIpc) is 3.41. The second-order valence-corrected chi connectivity index (χ2v) is 10.2. The van der Waals surface area contributed by atoms with E-state index in [1.54, 1.807) is 23.0 Å². The molecule has 2 fully saturated rings. The summed E-state index contributed by atoms with van der Waals surface area (Å²) >= 11 is 0. The lowest BCUT2D eigenvalue weighted by Gasteiger charge is -2.37. The average molecular weight is 536 g/mol. The summed E-state index contributed by atoms with van der Waals surface area (Å²) < 4.78 is 11.3. The number of H-pyrrole nitrogens is 1. The molecule has 1 aromatic carbocycles. The molecule has 2 aromatic heterocycles. The first-order valence-corrected chi connectivity index (χ1v) is 13.4. The van der Waals surface area contributed by atoms with Crippen LogP contribution < -0.4 is 16.0 Å². The van der Waals surface area contributed by atoms with Crippen LogP contribution in [0.5, 0.6) is 0 Å². The summed E-state index contributed by atoms with van der Waals surface area (Å²) in [5.74, 6) is 0.389. The molecule has 2 aliphatic heterocycles. The predicted octanol–water partition coefficient (Wildman–Crippen LogP) is 1.73. The number of hydrogen-bond acceptors (Lipinski definition) is 7. The minimum absolute atomic E-state index is 0.172. The van der Waals surface area contributed by atoms with Gasteiger partial charge in [-0.2, -0.15) is 0 Å². The van der Waals surface area contributed by atoms with Gasteiger partial charge in [-0.25, -0.2) is 9.78 Å². The van der Waals surface area contributed by atoms with E-state index < -0.39 is 12.3 Å². The van der Waals surface area contributed by atoms with Gasteiger partial charge in [0.15, 0.2) is 6.29 Å². The Hall–Kier alpha value is -3.67. The summed E-state index contributed by atoms with van der Waals surface area (Å²) in [4.78, 5) is 40.5. The summed E-state index contributed by atoms with van der Waals surface area (Å²) in [6.45, 7) is 5.36. The molecule has 2 aliphatic rings. The number of nitrogens with one attached hydrogen (secondary N) is 2. The lowest BCUT2D eigenvalue weighted by atomic mass is 9.92. The lowest BCUT2D eigenvalue weighted by molar-refractivity contribution is -0.193. The number of rotatable bonds is 7. The monoisotopic (exact) mass is 535 g/mol. The molecule has 0 aliphatic carbocycles. The zero-order valence-corrected chi connectivity index (χ0v) is 22.5. The van der Waals surface area contributed by atoms with E-state index in [2.05, 4.69) is 20.2 Å². The largest absolute Gasteiger partial charge is 0.361 e. The topological polar surface area (TPSA) is 129 Å². The number of carbonyl (C=O) groups is 2. The van der Waals surface area contributed by atoms with E-state index in [1.807, 2.05) is 55.6 Å². The van der Waals surface area contributed by atoms with Crippen LogP contribution in [-0.2, 0) is 14.3 Å². The molecule has 3 amide bonds. The maximum atomic E-state index is 13.8. The van der Waals surface area contributed by atoms with E-state index in [0.29, 0.717) is 39.4 Å². The first kappa shape index (κ1) is 26.9. The highest BCUT2D eigenvalue weighted by atomic mass is 16.7. The van der Waals surface area contributed by atoms with Crippen molar-refractivity contribution in [2.45, 2.75) is 31.2 Å². The number of likely N-dealkylation sites (N-methyl/N-ethyl adjacent to an activating group) is 1. The Morgan fingerprint density at radius 2 is 1.85 bits per heavy atom. The van der Waals surface area contributed by atoms with Gasteiger partial charge in [0.2, 0.25) is 5.91 Å². The Labute approximate surface area is 228 Å². The van der Waals surface area contributed by atoms with E-state index in [-0.39, 0.29) is 30.4 Å². The van der Waals surface area contributed by atoms with Crippen molar-refractivity contribution in [2.24, 2.45) is 5.73 Å². The second kappa shape index (κ2) is 12.0. The number of ether oxygens (including phenoxy) is 2. The van der Waals surface area contributed by atoms with Crippen molar-refractivity contribution in [1.29, 1.82) is 0 Å². The van der Waals surface area contributed by atoms with Gasteiger partial charge in [-0.3, -0.25) is 4.79 Å². The number of para-hydroxylation sites is 1. The molecule has 0 bridgehead atoms. The minimum Gasteiger partial charge on any atom is -0.361 e. The van der Waals surface area contributed by atoms with Gasteiger partial charge >= 0.3 is 6.03 Å². The molecule has 0 radical (unpaired) electrons. The standard InChI is InChI=1S/C28H37N7O4/c1-19(22-15-31-23-8-4-3-7-21(22)23)26(27(36)33(2)16-25-38-17-20(29)18-39-25)32-28(37)35-13-11-34(12-14-35)24-9-5-6-10-30-24/h3-10,15,19-20,25-26,31H,11-14,16-18,29H2,1-2H3,(H,32,37). The fraction of sp³-hybridized carbons (Fsp3) is 0.464. The maximum absolute atomic E-state index is 13.8. The molecule has 0 saturated carbocycles. The van der Waals surface area contributed by atoms with E-state index in [1.165, 1.54) is 0 Å². The van der Waals surface area contributed by atoms with E-state index >= 15 is 0 Å². The highest BCUT2D eigenvalue weighted by Gasteiger charge is 2.35. The summed E-state index contributed by atoms with van der Waals surface area (Å²) in [6.07, 6.45) is 3.13. The molecule has 0 spiro atoms. The van der Waals surface area contributed by atoms with Crippen LogP contribution >= 0.6 is 0 Å². The van der Waals surface area contributed by atoms with Crippen molar-refractivity contribution < 1.29 is 19.1 Å². The van der Waals surface area contributed by atoms with Gasteiger partial charge in [0.1, 0.15) is 11.9 Å². The van der Waals surface area contributed by atoms with Gasteiger partial charge in [-0.05, 0) is 23.8 Å². The summed E-state index contributed by atoms with van der Waals surface area (Å²) in [5.41, 5.74) is 7.80. The van der Waals surface area contributed by atoms with Gasteiger partial charge < -0.3 is 40.2 Å². The zero-order chi connectivity index (χ0) is 27.4. The Morgan fingerprint density at radius 1 is 1.13 bits per heavy atom. The van der Waals surface area contributed by atoms with Crippen molar-refractivity contribution in [2.75, 3.05) is 57.9 Å². The van der Waals surface area contributed by atoms with Gasteiger partial charge in [0.05, 0.1) is 25.8 Å². The first-order chi connectivity index (χ1) is 18.9. The van der Waals surface area contributed by atoms with Crippen LogP contribution in [0.2, 0.25) is 0 Å². The number of anilines is 1. The third-order valence-corrected chi connectivity index (χ3v) is 7.49. The normalized spacial score (nSPS) is 21.4. The van der Waals surface area contributed by atoms with E-state index in [9.17, 15) is 9.59 Å². The molecular formula is C28H37N7O4. The summed E-state index contributed by atoms with van der Waals surface area (Å²) in [7, 11) is 1.70. The third-order valence-electron chi connectivity index (χ3n) is 7.49. The Kier molecular flexibility index (Phi) is 8.30. The number of piperazine rings is 1. The molecule has 4 heterocycles. The molecule has 11 nitrogen and oxygen atoms in total. The fourth-order valence-corrected chi connectivity index (χ4v) is 5.17. The molecule has 39 heavy (non-hydrogen) atoms. The number of amides is 3. The number of aromatic amines is 1. The number of nitrogens with two attached hydrogens (primary N) is 1. The van der Waals surface area contributed by atoms with Crippen LogP contribution in [0, 0.1) is 0 Å². The van der Waals surface area contributed by atoms with Gasteiger partial charge in [0.25, 0.3) is 0 Å². The number of nitrogens with zero attached hydrogens (tertiary/aromatic N) is 4. The molecule has 11 heteroatoms. The van der Waals surface area contributed by atoms with Crippen molar-refractivity contribution in [3.63, 3.8) is 0 Å². The number of benzene rings is 1. The van der Waals surface area contributed by atoms with Crippen molar-refractivity contribution in [3.8, 4) is 0 Å². The number of fused-ring (bicyclic) bond motifs is 1. The number of urea groups is 1. The van der Waals surface area contributed by atoms with Crippen LogP contribution in [0.1, 0.15) is 18.4 Å². The predicted molar refractivity (Wildman–Crippen MR) is 148 cm³/mol. The van der Waals surface area contributed by atoms with Gasteiger partial charge in [0, 0.05) is 62.4 Å². The molecule has 2 atom stereocenters. The molecule has 5 rings (SSSR count). The maximum Gasteiger partial charge on any atom is 0.318 e. The van der Waals surface area contributed by atoms with Crippen molar-refractivity contribution in [1.82, 2.24) is 25.1 Å². The quantitative estimate of drug-likeness (QED) is 0.420. The van der Waals surface area contributed by atoms with Crippen LogP contribution in [0.15, 0.2) is 54.9 Å². The molecular weight excluding hydrogens is 498 g/mol. The zero-order valence-electron chi connectivity index (χ0n) is 22.5. The van der Waals surface area contributed by atoms with E-state index in [0.717, 1.165) is 22.3 Å². The number of carbonyl (C=O) groups excluding carboxylic acids is 2. The van der Waals surface area contributed by atoms with Crippen molar-refractivity contribution in [3.05, 3.63) is 60.4 Å². The van der Waals surface area contributed by atoms with E-state index in [4.69, 9.17) is 15.2 Å². The first-order valence-electron chi connectivity index (χ1n) is 13.4. The highest BCUT2D eigenvalue weighted by Crippen LogP contribution is 2.29. The van der Waals surface area contributed by atoms with Crippen LogP contribution in [0.4, 0.5) is 10.6 Å². The molecule has 2 unspecified atom stereocenters. The van der Waals surface area contributed by atoms with Crippen LogP contribution in [0.25, 0.3) is 10.9 Å². The second-order valence-electron chi connectivity index (χ2n) is 10.2. The number of pyridine rings is 1. The van der Waals surface area contributed by atoms with Crippen LogP contribution in [-0.4, -0.2) is 103 Å². The molecule has 2 saturated heterocycles. The van der Waals surface area contributed by atoms with Gasteiger partial charge in [-0.1, -0.05) is 31.2 Å². The lowest BCUT2D eigenvalue weighted by Crippen LogP contribution is -2.58. The number of aromatic nitrogens is 2. The fourth-order valence-electron chi connectivity index (χ4n) is 5.17. The van der Waals surface area contributed by atoms with Crippen LogP contribution in [0.3, 0.4) is 0 Å².